The third-order valence-electron chi connectivity index (χ3n) is 4.00. The quantitative estimate of drug-likeness (QED) is 0.332. The number of benzene rings is 2. The average Bonchev–Trinajstić information content (AvgIpc) is 3.39. The first-order chi connectivity index (χ1) is 14.5. The molecule has 152 valence electrons. The van der Waals surface area contributed by atoms with Gasteiger partial charge in [-0.3, -0.25) is 9.36 Å². The zero-order valence-corrected chi connectivity index (χ0v) is 18.3. The van der Waals surface area contributed by atoms with Crippen molar-refractivity contribution >= 4 is 58.2 Å². The van der Waals surface area contributed by atoms with E-state index in [0.717, 1.165) is 5.69 Å². The number of carbonyl (C=O) groups is 1. The van der Waals surface area contributed by atoms with Crippen molar-refractivity contribution in [3.8, 4) is 17.3 Å². The van der Waals surface area contributed by atoms with E-state index in [-0.39, 0.29) is 11.7 Å². The molecule has 0 fully saturated rings. The zero-order chi connectivity index (χ0) is 21.1. The normalized spacial score (nSPS) is 10.9. The van der Waals surface area contributed by atoms with Crippen molar-refractivity contribution < 1.29 is 9.21 Å². The van der Waals surface area contributed by atoms with Gasteiger partial charge < -0.3 is 9.73 Å². The SMILES string of the molecule is O=C(CSc1nnc(-c2ccco2)n1-c1ccc(Cl)cc1)Nc1ccc(Cl)cc1Cl. The maximum Gasteiger partial charge on any atom is 0.234 e. The van der Waals surface area contributed by atoms with Crippen LogP contribution in [0.4, 0.5) is 5.69 Å². The Labute approximate surface area is 191 Å². The van der Waals surface area contributed by atoms with Gasteiger partial charge in [0, 0.05) is 15.7 Å². The minimum Gasteiger partial charge on any atom is -0.461 e. The lowest BCUT2D eigenvalue weighted by atomic mass is 10.3. The molecule has 4 aromatic rings. The van der Waals surface area contributed by atoms with Crippen molar-refractivity contribution in [1.82, 2.24) is 14.8 Å². The molecule has 10 heteroatoms. The van der Waals surface area contributed by atoms with Crippen LogP contribution < -0.4 is 5.32 Å². The first-order valence-electron chi connectivity index (χ1n) is 8.64. The van der Waals surface area contributed by atoms with Crippen LogP contribution in [0.15, 0.2) is 70.4 Å². The van der Waals surface area contributed by atoms with E-state index in [1.807, 2.05) is 16.7 Å². The Morgan fingerprint density at radius 1 is 1.03 bits per heavy atom. The molecule has 0 aliphatic rings. The van der Waals surface area contributed by atoms with Crippen molar-refractivity contribution in [2.24, 2.45) is 0 Å². The number of amides is 1. The average molecular weight is 480 g/mol. The molecule has 0 aliphatic heterocycles. The number of thioether (sulfide) groups is 1. The fourth-order valence-corrected chi connectivity index (χ4v) is 3.99. The zero-order valence-electron chi connectivity index (χ0n) is 15.2. The summed E-state index contributed by atoms with van der Waals surface area (Å²) in [5, 5.41) is 13.2. The minimum absolute atomic E-state index is 0.100. The van der Waals surface area contributed by atoms with Crippen LogP contribution in [0.5, 0.6) is 0 Å². The lowest BCUT2D eigenvalue weighted by Gasteiger charge is -2.10. The van der Waals surface area contributed by atoms with Crippen molar-refractivity contribution in [2.75, 3.05) is 11.1 Å². The number of anilines is 1. The van der Waals surface area contributed by atoms with Crippen molar-refractivity contribution in [3.63, 3.8) is 0 Å². The van der Waals surface area contributed by atoms with Crippen LogP contribution in [-0.4, -0.2) is 26.4 Å². The minimum atomic E-state index is -0.241. The van der Waals surface area contributed by atoms with Gasteiger partial charge in [-0.2, -0.15) is 0 Å². The number of aromatic nitrogens is 3. The van der Waals surface area contributed by atoms with Crippen LogP contribution in [0.25, 0.3) is 17.3 Å². The van der Waals surface area contributed by atoms with Gasteiger partial charge in [0.2, 0.25) is 11.7 Å². The molecule has 2 aromatic heterocycles. The molecule has 0 aliphatic carbocycles. The van der Waals surface area contributed by atoms with E-state index in [1.54, 1.807) is 48.7 Å². The van der Waals surface area contributed by atoms with E-state index in [2.05, 4.69) is 15.5 Å². The molecule has 2 aromatic carbocycles. The molecular weight excluding hydrogens is 467 g/mol. The summed E-state index contributed by atoms with van der Waals surface area (Å²) in [6.07, 6.45) is 1.56. The Balaban J connectivity index is 1.56. The summed E-state index contributed by atoms with van der Waals surface area (Å²) in [4.78, 5) is 12.4. The monoisotopic (exact) mass is 478 g/mol. The van der Waals surface area contributed by atoms with Gasteiger partial charge in [0.05, 0.1) is 22.7 Å². The van der Waals surface area contributed by atoms with Crippen LogP contribution in [0.2, 0.25) is 15.1 Å². The van der Waals surface area contributed by atoms with Gasteiger partial charge in [0.25, 0.3) is 0 Å². The molecule has 4 rings (SSSR count). The fourth-order valence-electron chi connectivity index (χ4n) is 2.66. The highest BCUT2D eigenvalue weighted by Gasteiger charge is 2.19. The number of hydrogen-bond donors (Lipinski definition) is 1. The van der Waals surface area contributed by atoms with Crippen LogP contribution >= 0.6 is 46.6 Å². The second-order valence-corrected chi connectivity index (χ2v) is 8.28. The van der Waals surface area contributed by atoms with Crippen molar-refractivity contribution in [3.05, 3.63) is 75.9 Å². The largest absolute Gasteiger partial charge is 0.461 e. The van der Waals surface area contributed by atoms with E-state index >= 15 is 0 Å². The van der Waals surface area contributed by atoms with Crippen LogP contribution in [0, 0.1) is 0 Å². The van der Waals surface area contributed by atoms with Gasteiger partial charge >= 0.3 is 0 Å². The molecule has 0 bridgehead atoms. The predicted molar refractivity (Wildman–Crippen MR) is 120 cm³/mol. The number of hydrogen-bond acceptors (Lipinski definition) is 5. The molecule has 30 heavy (non-hydrogen) atoms. The highest BCUT2D eigenvalue weighted by Crippen LogP contribution is 2.30. The predicted octanol–water partition coefficient (Wildman–Crippen LogP) is 6.22. The number of furan rings is 1. The third kappa shape index (κ3) is 4.65. The number of halogens is 3. The van der Waals surface area contributed by atoms with Gasteiger partial charge in [-0.1, -0.05) is 46.6 Å². The summed E-state index contributed by atoms with van der Waals surface area (Å²) in [7, 11) is 0. The Morgan fingerprint density at radius 2 is 1.80 bits per heavy atom. The topological polar surface area (TPSA) is 73.0 Å². The summed E-state index contributed by atoms with van der Waals surface area (Å²) < 4.78 is 7.29. The smallest absolute Gasteiger partial charge is 0.234 e. The third-order valence-corrected chi connectivity index (χ3v) is 5.73. The molecule has 6 nitrogen and oxygen atoms in total. The van der Waals surface area contributed by atoms with E-state index in [4.69, 9.17) is 39.2 Å². The van der Waals surface area contributed by atoms with Gasteiger partial charge in [0.1, 0.15) is 0 Å². The molecule has 0 radical (unpaired) electrons. The second-order valence-electron chi connectivity index (χ2n) is 6.06. The van der Waals surface area contributed by atoms with Gasteiger partial charge in [0.15, 0.2) is 10.9 Å². The van der Waals surface area contributed by atoms with Crippen LogP contribution in [0.3, 0.4) is 0 Å². The first-order valence-corrected chi connectivity index (χ1v) is 10.8. The maximum atomic E-state index is 12.4. The Hall–Kier alpha value is -2.45. The molecule has 0 unspecified atom stereocenters. The van der Waals surface area contributed by atoms with Gasteiger partial charge in [-0.25, -0.2) is 0 Å². The number of carbonyl (C=O) groups excluding carboxylic acids is 1. The fraction of sp³-hybridized carbons (Fsp3) is 0.0500. The van der Waals surface area contributed by atoms with Crippen LogP contribution in [-0.2, 0) is 4.79 Å². The van der Waals surface area contributed by atoms with Crippen molar-refractivity contribution in [2.45, 2.75) is 5.16 Å². The molecule has 0 atom stereocenters. The summed E-state index contributed by atoms with van der Waals surface area (Å²) in [5.41, 5.74) is 1.28. The van der Waals surface area contributed by atoms with E-state index < -0.39 is 0 Å². The molecule has 0 saturated heterocycles. The maximum absolute atomic E-state index is 12.4. The summed E-state index contributed by atoms with van der Waals surface area (Å²) in [6, 6.07) is 15.7. The van der Waals surface area contributed by atoms with E-state index in [1.165, 1.54) is 11.8 Å². The molecule has 1 N–H and O–H groups in total. The van der Waals surface area contributed by atoms with Crippen molar-refractivity contribution in [1.29, 1.82) is 0 Å². The highest BCUT2D eigenvalue weighted by molar-refractivity contribution is 7.99. The molecule has 0 saturated carbocycles. The molecule has 0 spiro atoms. The molecular formula is C20H13Cl3N4O2S. The Morgan fingerprint density at radius 3 is 2.50 bits per heavy atom. The van der Waals surface area contributed by atoms with Gasteiger partial charge in [-0.15, -0.1) is 10.2 Å². The number of nitrogens with zero attached hydrogens (tertiary/aromatic N) is 3. The Bertz CT molecular complexity index is 1180. The first kappa shape index (κ1) is 20.8. The second kappa shape index (κ2) is 9.14. The molecule has 1 amide bonds. The molecule has 2 heterocycles. The lowest BCUT2D eigenvalue weighted by molar-refractivity contribution is -0.113. The van der Waals surface area contributed by atoms with E-state index in [9.17, 15) is 4.79 Å². The summed E-state index contributed by atoms with van der Waals surface area (Å²) in [5.74, 6) is 0.935. The standard InChI is InChI=1S/C20H13Cl3N4O2S/c21-12-3-6-14(7-4-12)27-19(17-2-1-9-29-17)25-26-20(27)30-11-18(28)24-16-8-5-13(22)10-15(16)23/h1-10H,11H2,(H,24,28). The number of rotatable bonds is 6. The Kier molecular flexibility index (Phi) is 6.34. The van der Waals surface area contributed by atoms with E-state index in [0.29, 0.717) is 37.5 Å². The van der Waals surface area contributed by atoms with Gasteiger partial charge in [-0.05, 0) is 54.6 Å². The number of nitrogens with one attached hydrogen (secondary N) is 1. The summed E-state index contributed by atoms with van der Waals surface area (Å²) >= 11 is 19.3. The lowest BCUT2D eigenvalue weighted by Crippen LogP contribution is -2.15. The highest BCUT2D eigenvalue weighted by atomic mass is 35.5. The summed E-state index contributed by atoms with van der Waals surface area (Å²) in [6.45, 7) is 0. The van der Waals surface area contributed by atoms with Crippen LogP contribution in [0.1, 0.15) is 0 Å².